The smallest absolute Gasteiger partial charge is 0.0465 e. The van der Waals surface area contributed by atoms with Gasteiger partial charge in [-0.2, -0.15) is 0 Å². The van der Waals surface area contributed by atoms with Gasteiger partial charge in [0, 0.05) is 13.2 Å². The maximum Gasteiger partial charge on any atom is 0.0465 e. The van der Waals surface area contributed by atoms with Crippen LogP contribution in [0, 0.1) is 0 Å². The number of rotatable bonds is 6. The van der Waals surface area contributed by atoms with E-state index in [1.807, 2.05) is 0 Å². The maximum absolute atomic E-state index is 5.31. The Balaban J connectivity index is 0. The Labute approximate surface area is 70.1 Å². The van der Waals surface area contributed by atoms with Gasteiger partial charge in [0.25, 0.3) is 0 Å². The SMILES string of the molecule is CCCCOCCCC.NN. The van der Waals surface area contributed by atoms with E-state index >= 15 is 0 Å². The number of ether oxygens (including phenoxy) is 1. The van der Waals surface area contributed by atoms with Gasteiger partial charge in [-0.25, -0.2) is 0 Å². The Bertz CT molecular complexity index is 45.4. The average molecular weight is 162 g/mol. The fourth-order valence-electron chi connectivity index (χ4n) is 0.595. The van der Waals surface area contributed by atoms with E-state index in [-0.39, 0.29) is 0 Å². The first-order valence-electron chi connectivity index (χ1n) is 4.32. The minimum Gasteiger partial charge on any atom is -0.381 e. The Morgan fingerprint density at radius 3 is 1.55 bits per heavy atom. The molecular formula is C8H22N2O. The van der Waals surface area contributed by atoms with Crippen LogP contribution in [0.2, 0.25) is 0 Å². The molecule has 0 aromatic heterocycles. The Morgan fingerprint density at radius 2 is 1.27 bits per heavy atom. The molecule has 0 aliphatic heterocycles. The van der Waals surface area contributed by atoms with Gasteiger partial charge in [-0.1, -0.05) is 26.7 Å². The van der Waals surface area contributed by atoms with Crippen LogP contribution in [0.15, 0.2) is 0 Å². The zero-order chi connectivity index (χ0) is 8.95. The standard InChI is InChI=1S/C8H18O.H4N2/c1-3-5-7-9-8-6-4-2;1-2/h3-8H2,1-2H3;1-2H2. The third-order valence-corrected chi connectivity index (χ3v) is 1.28. The van der Waals surface area contributed by atoms with Crippen LogP contribution < -0.4 is 11.7 Å². The van der Waals surface area contributed by atoms with Crippen LogP contribution in [0.25, 0.3) is 0 Å². The number of hydrazine groups is 1. The predicted octanol–water partition coefficient (Wildman–Crippen LogP) is 1.42. The molecule has 0 aromatic rings. The molecule has 3 nitrogen and oxygen atoms in total. The molecule has 0 radical (unpaired) electrons. The fourth-order valence-corrected chi connectivity index (χ4v) is 0.595. The van der Waals surface area contributed by atoms with Crippen LogP contribution in [0.5, 0.6) is 0 Å². The lowest BCUT2D eigenvalue weighted by molar-refractivity contribution is 0.128. The first-order chi connectivity index (χ1) is 5.41. The summed E-state index contributed by atoms with van der Waals surface area (Å²) in [6.45, 7) is 6.28. The van der Waals surface area contributed by atoms with E-state index in [0.717, 1.165) is 13.2 Å². The quantitative estimate of drug-likeness (QED) is 0.353. The number of hydrogen-bond acceptors (Lipinski definition) is 3. The van der Waals surface area contributed by atoms with E-state index in [2.05, 4.69) is 25.5 Å². The molecule has 4 N–H and O–H groups in total. The molecular weight excluding hydrogens is 140 g/mol. The van der Waals surface area contributed by atoms with Crippen molar-refractivity contribution in [3.63, 3.8) is 0 Å². The van der Waals surface area contributed by atoms with Crippen LogP contribution >= 0.6 is 0 Å². The van der Waals surface area contributed by atoms with Crippen molar-refractivity contribution in [2.75, 3.05) is 13.2 Å². The molecule has 0 saturated heterocycles. The highest BCUT2D eigenvalue weighted by atomic mass is 16.5. The van der Waals surface area contributed by atoms with Crippen molar-refractivity contribution in [2.45, 2.75) is 39.5 Å². The maximum atomic E-state index is 5.31. The van der Waals surface area contributed by atoms with E-state index in [0.29, 0.717) is 0 Å². The summed E-state index contributed by atoms with van der Waals surface area (Å²) in [6.07, 6.45) is 4.91. The lowest BCUT2D eigenvalue weighted by Gasteiger charge is -1.99. The fraction of sp³-hybridized carbons (Fsp3) is 1.00. The highest BCUT2D eigenvalue weighted by molar-refractivity contribution is 4.33. The molecule has 0 rings (SSSR count). The van der Waals surface area contributed by atoms with Crippen molar-refractivity contribution in [1.82, 2.24) is 0 Å². The molecule has 0 saturated carbocycles. The summed E-state index contributed by atoms with van der Waals surface area (Å²) in [7, 11) is 0. The van der Waals surface area contributed by atoms with Gasteiger partial charge in [-0.3, -0.25) is 11.7 Å². The van der Waals surface area contributed by atoms with Crippen LogP contribution in [-0.4, -0.2) is 13.2 Å². The normalized spacial score (nSPS) is 8.73. The first kappa shape index (κ1) is 13.5. The van der Waals surface area contributed by atoms with Gasteiger partial charge >= 0.3 is 0 Å². The molecule has 0 spiro atoms. The summed E-state index contributed by atoms with van der Waals surface area (Å²) in [5.41, 5.74) is 0. The Morgan fingerprint density at radius 1 is 0.909 bits per heavy atom. The van der Waals surface area contributed by atoms with Gasteiger partial charge in [0.1, 0.15) is 0 Å². The van der Waals surface area contributed by atoms with Crippen molar-refractivity contribution < 1.29 is 4.74 Å². The van der Waals surface area contributed by atoms with E-state index in [1.54, 1.807) is 0 Å². The van der Waals surface area contributed by atoms with Crippen molar-refractivity contribution in [3.8, 4) is 0 Å². The molecule has 0 fully saturated rings. The summed E-state index contributed by atoms with van der Waals surface area (Å²) < 4.78 is 5.31. The molecule has 0 aliphatic rings. The zero-order valence-electron chi connectivity index (χ0n) is 7.81. The Kier molecular flexibility index (Phi) is 20.2. The topological polar surface area (TPSA) is 61.3 Å². The number of unbranched alkanes of at least 4 members (excludes halogenated alkanes) is 2. The van der Waals surface area contributed by atoms with Crippen LogP contribution in [0.4, 0.5) is 0 Å². The molecule has 0 aliphatic carbocycles. The van der Waals surface area contributed by atoms with Crippen molar-refractivity contribution in [3.05, 3.63) is 0 Å². The molecule has 70 valence electrons. The van der Waals surface area contributed by atoms with Crippen LogP contribution in [0.1, 0.15) is 39.5 Å². The highest BCUT2D eigenvalue weighted by Gasteiger charge is 1.84. The van der Waals surface area contributed by atoms with Crippen molar-refractivity contribution in [1.29, 1.82) is 0 Å². The van der Waals surface area contributed by atoms with E-state index in [1.165, 1.54) is 25.7 Å². The summed E-state index contributed by atoms with van der Waals surface area (Å²) in [5, 5.41) is 0. The molecule has 0 heterocycles. The van der Waals surface area contributed by atoms with Crippen LogP contribution in [-0.2, 0) is 4.74 Å². The molecule has 3 heteroatoms. The average Bonchev–Trinajstić information content (AvgIpc) is 2.08. The van der Waals surface area contributed by atoms with E-state index < -0.39 is 0 Å². The van der Waals surface area contributed by atoms with Gasteiger partial charge in [-0.15, -0.1) is 0 Å². The summed E-state index contributed by atoms with van der Waals surface area (Å²) in [6, 6.07) is 0. The van der Waals surface area contributed by atoms with E-state index in [9.17, 15) is 0 Å². The van der Waals surface area contributed by atoms with Crippen molar-refractivity contribution >= 4 is 0 Å². The minimum absolute atomic E-state index is 0.955. The predicted molar refractivity (Wildman–Crippen MR) is 49.0 cm³/mol. The van der Waals surface area contributed by atoms with E-state index in [4.69, 9.17) is 4.74 Å². The number of nitrogens with two attached hydrogens (primary N) is 2. The monoisotopic (exact) mass is 162 g/mol. The largest absolute Gasteiger partial charge is 0.381 e. The molecule has 0 atom stereocenters. The third-order valence-electron chi connectivity index (χ3n) is 1.28. The molecule has 0 amide bonds. The van der Waals surface area contributed by atoms with Crippen molar-refractivity contribution in [2.24, 2.45) is 11.7 Å². The van der Waals surface area contributed by atoms with Gasteiger partial charge < -0.3 is 4.74 Å². The Hall–Kier alpha value is -0.120. The van der Waals surface area contributed by atoms with Gasteiger partial charge in [0.15, 0.2) is 0 Å². The zero-order valence-corrected chi connectivity index (χ0v) is 7.81. The summed E-state index contributed by atoms with van der Waals surface area (Å²) in [4.78, 5) is 0. The molecule has 0 aromatic carbocycles. The third kappa shape index (κ3) is 17.7. The van der Waals surface area contributed by atoms with Gasteiger partial charge in [0.05, 0.1) is 0 Å². The highest BCUT2D eigenvalue weighted by Crippen LogP contribution is 1.91. The summed E-state index contributed by atoms with van der Waals surface area (Å²) in [5.74, 6) is 8.00. The molecule has 0 bridgehead atoms. The lowest BCUT2D eigenvalue weighted by atomic mass is 10.3. The second-order valence-electron chi connectivity index (χ2n) is 2.32. The number of hydrogen-bond donors (Lipinski definition) is 2. The van der Waals surface area contributed by atoms with Crippen LogP contribution in [0.3, 0.4) is 0 Å². The minimum atomic E-state index is 0.955. The van der Waals surface area contributed by atoms with Gasteiger partial charge in [0.2, 0.25) is 0 Å². The summed E-state index contributed by atoms with van der Waals surface area (Å²) >= 11 is 0. The first-order valence-corrected chi connectivity index (χ1v) is 4.32. The lowest BCUT2D eigenvalue weighted by Crippen LogP contribution is -2.02. The molecule has 11 heavy (non-hydrogen) atoms. The molecule has 0 unspecified atom stereocenters. The second kappa shape index (κ2) is 16.5. The second-order valence-corrected chi connectivity index (χ2v) is 2.32. The van der Waals surface area contributed by atoms with Gasteiger partial charge in [-0.05, 0) is 12.8 Å².